The van der Waals surface area contributed by atoms with Crippen molar-refractivity contribution < 1.29 is 0 Å². The summed E-state index contributed by atoms with van der Waals surface area (Å²) in [6, 6.07) is 0. The molecule has 0 aromatic heterocycles. The van der Waals surface area contributed by atoms with E-state index in [1.54, 1.807) is 0 Å². The van der Waals surface area contributed by atoms with Gasteiger partial charge in [0, 0.05) is 0 Å². The van der Waals surface area contributed by atoms with Gasteiger partial charge in [-0.2, -0.15) is 0 Å². The second kappa shape index (κ2) is 16.5. The average molecular weight is 339 g/mol. The molecule has 0 nitrogen and oxygen atoms in total. The average Bonchev–Trinajstić information content (AvgIpc) is 2.69. The smallest absolute Gasteiger partial charge is 0.0414 e. The summed E-state index contributed by atoms with van der Waals surface area (Å²) < 4.78 is 0. The minimum absolute atomic E-state index is 1.07. The van der Waals surface area contributed by atoms with Gasteiger partial charge in [0.2, 0.25) is 0 Å². The van der Waals surface area contributed by atoms with Crippen molar-refractivity contribution in [2.45, 2.75) is 131 Å². The summed E-state index contributed by atoms with van der Waals surface area (Å²) in [5.41, 5.74) is 0. The molecule has 0 radical (unpaired) electrons. The van der Waals surface area contributed by atoms with Crippen LogP contribution in [0.15, 0.2) is 0 Å². The molecule has 0 amide bonds. The Bertz CT molecular complexity index is 216. The van der Waals surface area contributed by atoms with Crippen LogP contribution in [0.2, 0.25) is 0 Å². The fourth-order valence-electron chi connectivity index (χ4n) is 4.47. The van der Waals surface area contributed by atoms with Crippen LogP contribution in [0.25, 0.3) is 0 Å². The predicted octanol–water partition coefficient (Wildman–Crippen LogP) is 9.03. The summed E-state index contributed by atoms with van der Waals surface area (Å²) in [6.45, 7) is 13.3. The molecule has 146 valence electrons. The SMILES string of the molecule is CC.CCC1CCC(CC)CC1.CCCCC1CCC(CC)CC1. The van der Waals surface area contributed by atoms with Crippen molar-refractivity contribution in [2.24, 2.45) is 23.7 Å². The number of unbranched alkanes of at least 4 members (excludes halogenated alkanes) is 1. The van der Waals surface area contributed by atoms with Crippen molar-refractivity contribution in [1.29, 1.82) is 0 Å². The molecule has 0 bridgehead atoms. The van der Waals surface area contributed by atoms with E-state index in [0.717, 1.165) is 23.7 Å². The maximum absolute atomic E-state index is 2.34. The summed E-state index contributed by atoms with van der Waals surface area (Å²) in [4.78, 5) is 0. The quantitative estimate of drug-likeness (QED) is 0.453. The fourth-order valence-corrected chi connectivity index (χ4v) is 4.47. The lowest BCUT2D eigenvalue weighted by Crippen LogP contribution is -2.13. The van der Waals surface area contributed by atoms with Crippen molar-refractivity contribution in [2.75, 3.05) is 0 Å². The molecule has 0 heteroatoms. The second-order valence-electron chi connectivity index (χ2n) is 8.14. The zero-order chi connectivity index (χ0) is 18.2. The van der Waals surface area contributed by atoms with E-state index in [9.17, 15) is 0 Å². The zero-order valence-electron chi connectivity index (χ0n) is 18.2. The Morgan fingerprint density at radius 2 is 0.792 bits per heavy atom. The highest BCUT2D eigenvalue weighted by atomic mass is 14.2. The van der Waals surface area contributed by atoms with Gasteiger partial charge >= 0.3 is 0 Å². The molecule has 0 heterocycles. The third-order valence-corrected chi connectivity index (χ3v) is 6.63. The van der Waals surface area contributed by atoms with Gasteiger partial charge < -0.3 is 0 Å². The van der Waals surface area contributed by atoms with E-state index in [1.165, 1.54) is 89.9 Å². The Morgan fingerprint density at radius 3 is 1.04 bits per heavy atom. The van der Waals surface area contributed by atoms with Gasteiger partial charge in [-0.05, 0) is 23.7 Å². The van der Waals surface area contributed by atoms with Gasteiger partial charge in [0.05, 0.1) is 0 Å². The van der Waals surface area contributed by atoms with Crippen LogP contribution in [0.5, 0.6) is 0 Å². The summed E-state index contributed by atoms with van der Waals surface area (Å²) >= 11 is 0. The number of hydrogen-bond donors (Lipinski definition) is 0. The molecule has 2 aliphatic rings. The Morgan fingerprint density at radius 1 is 0.500 bits per heavy atom. The van der Waals surface area contributed by atoms with Gasteiger partial charge in [-0.25, -0.2) is 0 Å². The summed E-state index contributed by atoms with van der Waals surface area (Å²) in [5, 5.41) is 0. The number of rotatable bonds is 6. The molecule has 0 atom stereocenters. The van der Waals surface area contributed by atoms with Crippen molar-refractivity contribution in [3.8, 4) is 0 Å². The molecular weight excluding hydrogens is 288 g/mol. The largest absolute Gasteiger partial charge is 0.0683 e. The van der Waals surface area contributed by atoms with Gasteiger partial charge in [-0.15, -0.1) is 0 Å². The van der Waals surface area contributed by atoms with E-state index < -0.39 is 0 Å². The molecule has 2 fully saturated rings. The van der Waals surface area contributed by atoms with E-state index >= 15 is 0 Å². The van der Waals surface area contributed by atoms with E-state index in [0.29, 0.717) is 0 Å². The first-order valence-electron chi connectivity index (χ1n) is 11.7. The molecular formula is C24H50. The Hall–Kier alpha value is 0. The van der Waals surface area contributed by atoms with Crippen LogP contribution in [0.3, 0.4) is 0 Å². The molecule has 0 aromatic carbocycles. The van der Waals surface area contributed by atoms with E-state index in [-0.39, 0.29) is 0 Å². The predicted molar refractivity (Wildman–Crippen MR) is 113 cm³/mol. The highest BCUT2D eigenvalue weighted by molar-refractivity contribution is 4.71. The monoisotopic (exact) mass is 338 g/mol. The van der Waals surface area contributed by atoms with Crippen molar-refractivity contribution in [3.63, 3.8) is 0 Å². The number of hydrogen-bond acceptors (Lipinski definition) is 0. The van der Waals surface area contributed by atoms with Crippen LogP contribution in [0, 0.1) is 23.7 Å². The fraction of sp³-hybridized carbons (Fsp3) is 1.00. The molecule has 0 saturated heterocycles. The van der Waals surface area contributed by atoms with Crippen LogP contribution >= 0.6 is 0 Å². The van der Waals surface area contributed by atoms with Gasteiger partial charge in [-0.1, -0.05) is 131 Å². The first kappa shape index (κ1) is 24.0. The lowest BCUT2D eigenvalue weighted by molar-refractivity contribution is 0.255. The molecule has 0 N–H and O–H groups in total. The molecule has 0 aromatic rings. The van der Waals surface area contributed by atoms with Gasteiger partial charge in [0.25, 0.3) is 0 Å². The van der Waals surface area contributed by atoms with Crippen LogP contribution in [-0.2, 0) is 0 Å². The second-order valence-corrected chi connectivity index (χ2v) is 8.14. The standard InChI is InChI=1S/C12H24.C10H20.C2H6/c1-3-5-6-12-9-7-11(4-2)8-10-12;1-3-9-5-7-10(4-2)8-6-9;1-2/h11-12H,3-10H2,1-2H3;9-10H,3-8H2,1-2H3;1-2H3. The van der Waals surface area contributed by atoms with E-state index in [2.05, 4.69) is 27.7 Å². The molecule has 24 heavy (non-hydrogen) atoms. The molecule has 0 aliphatic heterocycles. The normalized spacial score (nSPS) is 29.8. The molecule has 2 saturated carbocycles. The summed E-state index contributed by atoms with van der Waals surface area (Å²) in [6.07, 6.45) is 20.7. The molecule has 0 unspecified atom stereocenters. The minimum Gasteiger partial charge on any atom is -0.0683 e. The Kier molecular flexibility index (Phi) is 16.5. The lowest BCUT2D eigenvalue weighted by atomic mass is 9.79. The summed E-state index contributed by atoms with van der Waals surface area (Å²) in [7, 11) is 0. The van der Waals surface area contributed by atoms with Crippen molar-refractivity contribution >= 4 is 0 Å². The third-order valence-electron chi connectivity index (χ3n) is 6.63. The zero-order valence-corrected chi connectivity index (χ0v) is 18.2. The molecule has 2 rings (SSSR count). The van der Waals surface area contributed by atoms with Gasteiger partial charge in [0.1, 0.15) is 0 Å². The highest BCUT2D eigenvalue weighted by Crippen LogP contribution is 2.33. The highest BCUT2D eigenvalue weighted by Gasteiger charge is 2.19. The van der Waals surface area contributed by atoms with Gasteiger partial charge in [0.15, 0.2) is 0 Å². The first-order valence-corrected chi connectivity index (χ1v) is 11.7. The van der Waals surface area contributed by atoms with Crippen LogP contribution < -0.4 is 0 Å². The summed E-state index contributed by atoms with van der Waals surface area (Å²) in [5.74, 6) is 4.31. The maximum Gasteiger partial charge on any atom is -0.0414 e. The third kappa shape index (κ3) is 10.8. The Labute approximate surface area is 155 Å². The Balaban J connectivity index is 0.000000405. The first-order chi connectivity index (χ1) is 11.7. The van der Waals surface area contributed by atoms with Crippen LogP contribution in [0.4, 0.5) is 0 Å². The van der Waals surface area contributed by atoms with E-state index in [4.69, 9.17) is 0 Å². The topological polar surface area (TPSA) is 0 Å². The van der Waals surface area contributed by atoms with E-state index in [1.807, 2.05) is 13.8 Å². The maximum atomic E-state index is 2.34. The minimum atomic E-state index is 1.07. The van der Waals surface area contributed by atoms with Gasteiger partial charge in [-0.3, -0.25) is 0 Å². The molecule has 2 aliphatic carbocycles. The van der Waals surface area contributed by atoms with Crippen molar-refractivity contribution in [1.82, 2.24) is 0 Å². The molecule has 0 spiro atoms. The van der Waals surface area contributed by atoms with Crippen molar-refractivity contribution in [3.05, 3.63) is 0 Å². The lowest BCUT2D eigenvalue weighted by Gasteiger charge is -2.27. The van der Waals surface area contributed by atoms with Crippen LogP contribution in [-0.4, -0.2) is 0 Å². The van der Waals surface area contributed by atoms with Crippen LogP contribution in [0.1, 0.15) is 131 Å².